The molecule has 1 aromatic carbocycles. The number of hydrogen-bond acceptors (Lipinski definition) is 3. The van der Waals surface area contributed by atoms with Crippen molar-refractivity contribution in [2.45, 2.75) is 39.7 Å². The molecule has 3 nitrogen and oxygen atoms in total. The van der Waals surface area contributed by atoms with Crippen LogP contribution in [0.3, 0.4) is 0 Å². The summed E-state index contributed by atoms with van der Waals surface area (Å²) in [6.45, 7) is 9.36. The van der Waals surface area contributed by atoms with Crippen LogP contribution >= 0.6 is 0 Å². The molecule has 0 amide bonds. The number of nitrogens with one attached hydrogen (secondary N) is 1. The Hall–Kier alpha value is -1.06. The van der Waals surface area contributed by atoms with Crippen LogP contribution in [0.1, 0.15) is 38.7 Å². The number of benzene rings is 1. The Kier molecular flexibility index (Phi) is 9.09. The van der Waals surface area contributed by atoms with Crippen LogP contribution in [0.4, 0.5) is 0 Å². The second-order valence-corrected chi connectivity index (χ2v) is 5.27. The van der Waals surface area contributed by atoms with Gasteiger partial charge in [0, 0.05) is 19.6 Å². The van der Waals surface area contributed by atoms with Gasteiger partial charge in [0.15, 0.2) is 0 Å². The van der Waals surface area contributed by atoms with E-state index in [0.717, 1.165) is 45.0 Å². The third-order valence-electron chi connectivity index (χ3n) is 3.48. The zero-order valence-electron chi connectivity index (χ0n) is 13.3. The van der Waals surface area contributed by atoms with Crippen molar-refractivity contribution >= 4 is 0 Å². The lowest BCUT2D eigenvalue weighted by atomic mass is 10.2. The number of nitrogens with zero attached hydrogens (tertiary/aromatic N) is 1. The van der Waals surface area contributed by atoms with E-state index in [0.29, 0.717) is 0 Å². The van der Waals surface area contributed by atoms with Gasteiger partial charge in [-0.25, -0.2) is 0 Å². The topological polar surface area (TPSA) is 24.5 Å². The summed E-state index contributed by atoms with van der Waals surface area (Å²) < 4.78 is 5.71. The van der Waals surface area contributed by atoms with Gasteiger partial charge >= 0.3 is 0 Å². The highest BCUT2D eigenvalue weighted by Gasteiger charge is 1.97. The maximum Gasteiger partial charge on any atom is 0.119 e. The number of unbranched alkanes of at least 4 members (excludes halogenated alkanes) is 2. The lowest BCUT2D eigenvalue weighted by Gasteiger charge is -2.14. The van der Waals surface area contributed by atoms with Gasteiger partial charge in [-0.05, 0) is 37.7 Å². The predicted octanol–water partition coefficient (Wildman–Crippen LogP) is 3.30. The van der Waals surface area contributed by atoms with Crippen LogP contribution in [0.25, 0.3) is 0 Å². The zero-order valence-corrected chi connectivity index (χ0v) is 13.3. The molecule has 0 spiro atoms. The monoisotopic (exact) mass is 278 g/mol. The Bertz CT molecular complexity index is 337. The lowest BCUT2D eigenvalue weighted by molar-refractivity contribution is 0.306. The van der Waals surface area contributed by atoms with Crippen LogP contribution in [0.5, 0.6) is 5.75 Å². The highest BCUT2D eigenvalue weighted by Crippen LogP contribution is 2.12. The molecule has 114 valence electrons. The van der Waals surface area contributed by atoms with Crippen LogP contribution in [0.15, 0.2) is 24.3 Å². The van der Waals surface area contributed by atoms with Crippen LogP contribution < -0.4 is 10.1 Å². The molecule has 0 heterocycles. The van der Waals surface area contributed by atoms with Crippen LogP contribution in [-0.2, 0) is 6.54 Å². The molecule has 1 aromatic rings. The predicted molar refractivity (Wildman–Crippen MR) is 86.3 cm³/mol. The van der Waals surface area contributed by atoms with Crippen LogP contribution in [0.2, 0.25) is 0 Å². The van der Waals surface area contributed by atoms with Gasteiger partial charge in [-0.1, -0.05) is 38.8 Å². The van der Waals surface area contributed by atoms with Crippen molar-refractivity contribution in [1.82, 2.24) is 10.2 Å². The summed E-state index contributed by atoms with van der Waals surface area (Å²) >= 11 is 0. The fourth-order valence-electron chi connectivity index (χ4n) is 1.91. The van der Waals surface area contributed by atoms with E-state index in [9.17, 15) is 0 Å². The molecule has 0 radical (unpaired) electrons. The van der Waals surface area contributed by atoms with Gasteiger partial charge in [0.1, 0.15) is 5.75 Å². The molecule has 20 heavy (non-hydrogen) atoms. The van der Waals surface area contributed by atoms with Gasteiger partial charge in [0.05, 0.1) is 6.61 Å². The van der Waals surface area contributed by atoms with Gasteiger partial charge in [0.25, 0.3) is 0 Å². The molecule has 1 rings (SSSR count). The van der Waals surface area contributed by atoms with E-state index in [1.807, 2.05) is 0 Å². The van der Waals surface area contributed by atoms with Crippen LogP contribution in [0, 0.1) is 0 Å². The van der Waals surface area contributed by atoms with E-state index >= 15 is 0 Å². The normalized spacial score (nSPS) is 11.0. The van der Waals surface area contributed by atoms with E-state index in [-0.39, 0.29) is 0 Å². The first-order chi connectivity index (χ1) is 9.76. The lowest BCUT2D eigenvalue weighted by Crippen LogP contribution is -2.28. The third kappa shape index (κ3) is 7.51. The Morgan fingerprint density at radius 3 is 2.50 bits per heavy atom. The van der Waals surface area contributed by atoms with Gasteiger partial charge in [-0.2, -0.15) is 0 Å². The summed E-state index contributed by atoms with van der Waals surface area (Å²) in [7, 11) is 2.15. The molecule has 0 aliphatic heterocycles. The van der Waals surface area contributed by atoms with Crippen molar-refractivity contribution < 1.29 is 4.74 Å². The minimum atomic E-state index is 0.828. The molecular weight excluding hydrogens is 248 g/mol. The summed E-state index contributed by atoms with van der Waals surface area (Å²) in [5.41, 5.74) is 1.31. The Labute approximate surface area is 124 Å². The summed E-state index contributed by atoms with van der Waals surface area (Å²) in [6.07, 6.45) is 3.63. The standard InChI is InChI=1S/C17H30N2O/c1-4-6-7-14-20-17-10-8-16(9-11-17)15-18-12-13-19(3)5-2/h8-11,18H,4-7,12-15H2,1-3H3. The van der Waals surface area contributed by atoms with Crippen molar-refractivity contribution in [2.75, 3.05) is 33.3 Å². The van der Waals surface area contributed by atoms with Crippen molar-refractivity contribution in [3.63, 3.8) is 0 Å². The Morgan fingerprint density at radius 2 is 1.85 bits per heavy atom. The van der Waals surface area contributed by atoms with Crippen molar-refractivity contribution in [1.29, 1.82) is 0 Å². The molecule has 0 bridgehead atoms. The van der Waals surface area contributed by atoms with E-state index in [1.54, 1.807) is 0 Å². The zero-order chi connectivity index (χ0) is 14.6. The number of rotatable bonds is 11. The first-order valence-electron chi connectivity index (χ1n) is 7.87. The third-order valence-corrected chi connectivity index (χ3v) is 3.48. The highest BCUT2D eigenvalue weighted by atomic mass is 16.5. The van der Waals surface area contributed by atoms with Crippen LogP contribution in [-0.4, -0.2) is 38.2 Å². The molecular formula is C17H30N2O. The van der Waals surface area contributed by atoms with Crippen molar-refractivity contribution in [3.05, 3.63) is 29.8 Å². The molecule has 0 atom stereocenters. The average molecular weight is 278 g/mol. The van der Waals surface area contributed by atoms with Gasteiger partial charge in [-0.3, -0.25) is 0 Å². The van der Waals surface area contributed by atoms with Gasteiger partial charge in [0.2, 0.25) is 0 Å². The van der Waals surface area contributed by atoms with E-state index in [4.69, 9.17) is 4.74 Å². The minimum absolute atomic E-state index is 0.828. The molecule has 0 saturated carbocycles. The second kappa shape index (κ2) is 10.7. The van der Waals surface area contributed by atoms with E-state index < -0.39 is 0 Å². The first kappa shape index (κ1) is 17.0. The summed E-state index contributed by atoms with van der Waals surface area (Å²) in [5, 5.41) is 3.46. The maximum atomic E-state index is 5.71. The van der Waals surface area contributed by atoms with Crippen molar-refractivity contribution in [2.24, 2.45) is 0 Å². The SMILES string of the molecule is CCCCCOc1ccc(CNCCN(C)CC)cc1. The Morgan fingerprint density at radius 1 is 1.10 bits per heavy atom. The molecule has 0 saturated heterocycles. The molecule has 0 fully saturated rings. The quantitative estimate of drug-likeness (QED) is 0.629. The van der Waals surface area contributed by atoms with Gasteiger partial charge < -0.3 is 15.0 Å². The summed E-state index contributed by atoms with van der Waals surface area (Å²) in [5.74, 6) is 0.982. The molecule has 1 N–H and O–H groups in total. The summed E-state index contributed by atoms with van der Waals surface area (Å²) in [4.78, 5) is 2.31. The van der Waals surface area contributed by atoms with E-state index in [1.165, 1.54) is 18.4 Å². The smallest absolute Gasteiger partial charge is 0.119 e. The molecule has 0 aromatic heterocycles. The Balaban J connectivity index is 2.18. The minimum Gasteiger partial charge on any atom is -0.494 e. The molecule has 0 unspecified atom stereocenters. The fraction of sp³-hybridized carbons (Fsp3) is 0.647. The number of ether oxygens (including phenoxy) is 1. The largest absolute Gasteiger partial charge is 0.494 e. The summed E-state index contributed by atoms with van der Waals surface area (Å²) in [6, 6.07) is 8.43. The second-order valence-electron chi connectivity index (χ2n) is 5.27. The van der Waals surface area contributed by atoms with Crippen molar-refractivity contribution in [3.8, 4) is 5.75 Å². The number of hydrogen-bond donors (Lipinski definition) is 1. The van der Waals surface area contributed by atoms with E-state index in [2.05, 4.69) is 55.4 Å². The molecule has 0 aliphatic carbocycles. The maximum absolute atomic E-state index is 5.71. The molecule has 0 aliphatic rings. The highest BCUT2D eigenvalue weighted by molar-refractivity contribution is 5.27. The molecule has 3 heteroatoms. The fourth-order valence-corrected chi connectivity index (χ4v) is 1.91. The first-order valence-corrected chi connectivity index (χ1v) is 7.87. The average Bonchev–Trinajstić information content (AvgIpc) is 2.49. The van der Waals surface area contributed by atoms with Gasteiger partial charge in [-0.15, -0.1) is 0 Å². The number of likely N-dealkylation sites (N-methyl/N-ethyl adjacent to an activating group) is 1.